The zero-order chi connectivity index (χ0) is 16.8. The van der Waals surface area contributed by atoms with Crippen molar-refractivity contribution in [3.8, 4) is 11.8 Å². The number of nitrogens with one attached hydrogen (secondary N) is 1. The Balaban J connectivity index is 1.64. The molecule has 5 heteroatoms. The van der Waals surface area contributed by atoms with E-state index in [2.05, 4.69) is 10.3 Å². The van der Waals surface area contributed by atoms with Crippen molar-refractivity contribution < 1.29 is 9.15 Å². The largest absolute Gasteiger partial charge is 0.484 e. The first kappa shape index (κ1) is 15.6. The monoisotopic (exact) mass is 319 g/mol. The van der Waals surface area contributed by atoms with Gasteiger partial charge in [-0.05, 0) is 24.6 Å². The van der Waals surface area contributed by atoms with Crippen LogP contribution in [0.1, 0.15) is 22.7 Å². The highest BCUT2D eigenvalue weighted by atomic mass is 16.5. The van der Waals surface area contributed by atoms with Gasteiger partial charge < -0.3 is 14.5 Å². The van der Waals surface area contributed by atoms with Gasteiger partial charge in [0.05, 0.1) is 0 Å². The third-order valence-corrected chi connectivity index (χ3v) is 3.46. The average Bonchev–Trinajstić information content (AvgIpc) is 3.03. The number of oxazole rings is 1. The molecule has 0 aliphatic heterocycles. The molecule has 3 aromatic rings. The van der Waals surface area contributed by atoms with E-state index in [9.17, 15) is 5.26 Å². The summed E-state index contributed by atoms with van der Waals surface area (Å²) in [6.07, 6.45) is 0. The van der Waals surface area contributed by atoms with Gasteiger partial charge in [0.15, 0.2) is 6.61 Å². The molecule has 0 aliphatic carbocycles. The van der Waals surface area contributed by atoms with Gasteiger partial charge in [-0.3, -0.25) is 0 Å². The number of ether oxygens (including phenoxy) is 1. The highest BCUT2D eigenvalue weighted by Crippen LogP contribution is 2.19. The number of aromatic nitrogens is 1. The minimum absolute atomic E-state index is 0.172. The molecule has 0 fully saturated rings. The summed E-state index contributed by atoms with van der Waals surface area (Å²) in [7, 11) is 0. The van der Waals surface area contributed by atoms with Crippen LogP contribution in [0.5, 0.6) is 5.75 Å². The minimum atomic E-state index is 0.172. The summed E-state index contributed by atoms with van der Waals surface area (Å²) in [5.74, 6) is 1.45. The van der Waals surface area contributed by atoms with E-state index in [4.69, 9.17) is 9.15 Å². The SMILES string of the molecule is Cc1ccc(CNc2oc(COc3ccccc3)nc2C#N)cc1. The van der Waals surface area contributed by atoms with Gasteiger partial charge >= 0.3 is 0 Å². The second kappa shape index (κ2) is 7.34. The Hall–Kier alpha value is -3.26. The van der Waals surface area contributed by atoms with Crippen molar-refractivity contribution in [2.24, 2.45) is 0 Å². The predicted molar refractivity (Wildman–Crippen MR) is 90.5 cm³/mol. The second-order valence-corrected chi connectivity index (χ2v) is 5.34. The molecule has 0 atom stereocenters. The predicted octanol–water partition coefficient (Wildman–Crippen LogP) is 4.05. The maximum absolute atomic E-state index is 9.20. The number of nitrogens with zero attached hydrogens (tertiary/aromatic N) is 2. The van der Waals surface area contributed by atoms with E-state index in [0.29, 0.717) is 18.3 Å². The van der Waals surface area contributed by atoms with Crippen LogP contribution in [0.25, 0.3) is 0 Å². The lowest BCUT2D eigenvalue weighted by Crippen LogP contribution is -1.99. The van der Waals surface area contributed by atoms with Gasteiger partial charge in [0, 0.05) is 6.54 Å². The molecule has 0 unspecified atom stereocenters. The molecule has 0 radical (unpaired) electrons. The lowest BCUT2D eigenvalue weighted by molar-refractivity contribution is 0.265. The fourth-order valence-corrected chi connectivity index (χ4v) is 2.17. The molecule has 120 valence electrons. The summed E-state index contributed by atoms with van der Waals surface area (Å²) in [5, 5.41) is 12.3. The first-order chi connectivity index (χ1) is 11.7. The number of nitriles is 1. The van der Waals surface area contributed by atoms with Gasteiger partial charge in [-0.2, -0.15) is 10.2 Å². The summed E-state index contributed by atoms with van der Waals surface area (Å²) < 4.78 is 11.2. The van der Waals surface area contributed by atoms with E-state index >= 15 is 0 Å². The number of hydrogen-bond acceptors (Lipinski definition) is 5. The Labute approximate surface area is 140 Å². The molecule has 0 amide bonds. The van der Waals surface area contributed by atoms with Crippen LogP contribution in [0.4, 0.5) is 5.88 Å². The highest BCUT2D eigenvalue weighted by molar-refractivity contribution is 5.45. The molecule has 1 heterocycles. The average molecular weight is 319 g/mol. The molecular formula is C19H17N3O2. The molecule has 24 heavy (non-hydrogen) atoms. The first-order valence-electron chi connectivity index (χ1n) is 7.61. The van der Waals surface area contributed by atoms with Crippen LogP contribution in [-0.2, 0) is 13.2 Å². The second-order valence-electron chi connectivity index (χ2n) is 5.34. The Morgan fingerprint density at radius 2 is 1.88 bits per heavy atom. The quantitative estimate of drug-likeness (QED) is 0.742. The third-order valence-electron chi connectivity index (χ3n) is 3.46. The molecule has 0 spiro atoms. The van der Waals surface area contributed by atoms with E-state index in [0.717, 1.165) is 11.3 Å². The molecular weight excluding hydrogens is 302 g/mol. The van der Waals surface area contributed by atoms with Gasteiger partial charge in [-0.15, -0.1) is 0 Å². The fourth-order valence-electron chi connectivity index (χ4n) is 2.17. The van der Waals surface area contributed by atoms with Crippen LogP contribution >= 0.6 is 0 Å². The van der Waals surface area contributed by atoms with Crippen LogP contribution in [0.3, 0.4) is 0 Å². The van der Waals surface area contributed by atoms with Crippen LogP contribution in [0.15, 0.2) is 59.0 Å². The standard InChI is InChI=1S/C19H17N3O2/c1-14-7-9-15(10-8-14)12-21-19-17(11-20)22-18(24-19)13-23-16-5-3-2-4-6-16/h2-10,21H,12-13H2,1H3. The minimum Gasteiger partial charge on any atom is -0.484 e. The van der Waals surface area contributed by atoms with Crippen LogP contribution in [0, 0.1) is 18.3 Å². The molecule has 5 nitrogen and oxygen atoms in total. The molecule has 2 aromatic carbocycles. The van der Waals surface area contributed by atoms with Gasteiger partial charge in [-0.25, -0.2) is 0 Å². The number of para-hydroxylation sites is 1. The van der Waals surface area contributed by atoms with Crippen LogP contribution in [0.2, 0.25) is 0 Å². The Kier molecular flexibility index (Phi) is 4.78. The van der Waals surface area contributed by atoms with E-state index in [1.165, 1.54) is 5.56 Å². The van der Waals surface area contributed by atoms with Crippen LogP contribution < -0.4 is 10.1 Å². The van der Waals surface area contributed by atoms with Crippen molar-refractivity contribution in [2.75, 3.05) is 5.32 Å². The Morgan fingerprint density at radius 1 is 1.12 bits per heavy atom. The molecule has 3 rings (SSSR count). The number of benzene rings is 2. The van der Waals surface area contributed by atoms with E-state index in [-0.39, 0.29) is 12.3 Å². The van der Waals surface area contributed by atoms with Gasteiger partial charge in [0.2, 0.25) is 17.5 Å². The molecule has 0 saturated heterocycles. The van der Waals surface area contributed by atoms with Crippen molar-refractivity contribution in [1.82, 2.24) is 4.98 Å². The van der Waals surface area contributed by atoms with Crippen molar-refractivity contribution >= 4 is 5.88 Å². The van der Waals surface area contributed by atoms with E-state index < -0.39 is 0 Å². The molecule has 0 bridgehead atoms. The van der Waals surface area contributed by atoms with Crippen LogP contribution in [-0.4, -0.2) is 4.98 Å². The number of aryl methyl sites for hydroxylation is 1. The van der Waals surface area contributed by atoms with Gasteiger partial charge in [0.25, 0.3) is 0 Å². The van der Waals surface area contributed by atoms with Gasteiger partial charge in [0.1, 0.15) is 11.8 Å². The topological polar surface area (TPSA) is 71.1 Å². The van der Waals surface area contributed by atoms with E-state index in [1.54, 1.807) is 0 Å². The maximum Gasteiger partial charge on any atom is 0.236 e. The molecule has 1 N–H and O–H groups in total. The third kappa shape index (κ3) is 3.93. The zero-order valence-corrected chi connectivity index (χ0v) is 13.3. The molecule has 0 saturated carbocycles. The number of hydrogen-bond donors (Lipinski definition) is 1. The summed E-state index contributed by atoms with van der Waals surface area (Å²) in [5.41, 5.74) is 2.54. The Morgan fingerprint density at radius 3 is 2.58 bits per heavy atom. The molecule has 1 aromatic heterocycles. The summed E-state index contributed by atoms with van der Waals surface area (Å²) >= 11 is 0. The Bertz CT molecular complexity index is 833. The normalized spacial score (nSPS) is 10.2. The molecule has 0 aliphatic rings. The maximum atomic E-state index is 9.20. The van der Waals surface area contributed by atoms with Gasteiger partial charge in [-0.1, -0.05) is 48.0 Å². The van der Waals surface area contributed by atoms with E-state index in [1.807, 2.05) is 67.6 Å². The summed E-state index contributed by atoms with van der Waals surface area (Å²) in [6.45, 7) is 2.77. The smallest absolute Gasteiger partial charge is 0.236 e. The number of anilines is 1. The van der Waals surface area contributed by atoms with Crippen molar-refractivity contribution in [2.45, 2.75) is 20.1 Å². The zero-order valence-electron chi connectivity index (χ0n) is 13.3. The highest BCUT2D eigenvalue weighted by Gasteiger charge is 2.13. The lowest BCUT2D eigenvalue weighted by Gasteiger charge is -2.04. The van der Waals surface area contributed by atoms with Crippen molar-refractivity contribution in [3.05, 3.63) is 77.3 Å². The van der Waals surface area contributed by atoms with Crippen molar-refractivity contribution in [1.29, 1.82) is 5.26 Å². The summed E-state index contributed by atoms with van der Waals surface area (Å²) in [6, 6.07) is 19.6. The summed E-state index contributed by atoms with van der Waals surface area (Å²) in [4.78, 5) is 4.15. The fraction of sp³-hybridized carbons (Fsp3) is 0.158. The first-order valence-corrected chi connectivity index (χ1v) is 7.61. The van der Waals surface area contributed by atoms with Crippen molar-refractivity contribution in [3.63, 3.8) is 0 Å². The number of rotatable bonds is 6. The lowest BCUT2D eigenvalue weighted by atomic mass is 10.1.